The van der Waals surface area contributed by atoms with Gasteiger partial charge in [0.15, 0.2) is 0 Å². The van der Waals surface area contributed by atoms with Gasteiger partial charge in [0.25, 0.3) is 0 Å². The first kappa shape index (κ1) is 16.8. The molecule has 1 aliphatic rings. The highest BCUT2D eigenvalue weighted by molar-refractivity contribution is 7.98. The summed E-state index contributed by atoms with van der Waals surface area (Å²) in [7, 11) is -2.95. The quantitative estimate of drug-likeness (QED) is 0.751. The number of nitrogens with zero attached hydrogens (tertiary/aromatic N) is 1. The van der Waals surface area contributed by atoms with Gasteiger partial charge in [-0.05, 0) is 31.9 Å². The van der Waals surface area contributed by atoms with Crippen LogP contribution in [0, 0.1) is 5.92 Å². The van der Waals surface area contributed by atoms with Crippen molar-refractivity contribution in [3.8, 4) is 0 Å². The number of rotatable bonds is 6. The molecule has 0 saturated carbocycles. The topological polar surface area (TPSA) is 54.5 Å². The van der Waals surface area contributed by atoms with Gasteiger partial charge in [0.2, 0.25) is 5.91 Å². The Hall–Kier alpha value is -0.230. The molecule has 1 fully saturated rings. The first-order chi connectivity index (χ1) is 8.85. The summed E-state index contributed by atoms with van der Waals surface area (Å²) in [6.07, 6.45) is 6.91. The van der Waals surface area contributed by atoms with E-state index in [1.54, 1.807) is 11.8 Å². The number of amides is 1. The van der Waals surface area contributed by atoms with Crippen LogP contribution in [0.15, 0.2) is 0 Å². The van der Waals surface area contributed by atoms with Crippen molar-refractivity contribution in [3.63, 3.8) is 0 Å². The molecule has 1 saturated heterocycles. The molecule has 0 aliphatic carbocycles. The molecule has 1 aliphatic heterocycles. The zero-order valence-electron chi connectivity index (χ0n) is 12.1. The maximum Gasteiger partial charge on any atom is 0.226 e. The summed E-state index contributed by atoms with van der Waals surface area (Å²) < 4.78 is 22.6. The molecule has 2 atom stereocenters. The third-order valence-corrected chi connectivity index (χ3v) is 5.38. The van der Waals surface area contributed by atoms with E-state index in [1.807, 2.05) is 18.1 Å². The minimum absolute atomic E-state index is 0.0221. The Morgan fingerprint density at radius 1 is 1.42 bits per heavy atom. The average molecular weight is 307 g/mol. The smallest absolute Gasteiger partial charge is 0.226 e. The van der Waals surface area contributed by atoms with Crippen LogP contribution in [-0.4, -0.2) is 55.8 Å². The van der Waals surface area contributed by atoms with Gasteiger partial charge in [-0.1, -0.05) is 6.92 Å². The summed E-state index contributed by atoms with van der Waals surface area (Å²) in [5.41, 5.74) is 0. The molecule has 0 bridgehead atoms. The highest BCUT2D eigenvalue weighted by atomic mass is 32.2. The lowest BCUT2D eigenvalue weighted by Crippen LogP contribution is -2.47. The zero-order valence-corrected chi connectivity index (χ0v) is 13.7. The van der Waals surface area contributed by atoms with Gasteiger partial charge < -0.3 is 4.90 Å². The van der Waals surface area contributed by atoms with Gasteiger partial charge in [-0.3, -0.25) is 4.79 Å². The molecule has 2 unspecified atom stereocenters. The van der Waals surface area contributed by atoms with E-state index in [0.717, 1.165) is 31.6 Å². The Bertz CT molecular complexity index is 395. The van der Waals surface area contributed by atoms with Gasteiger partial charge in [-0.15, -0.1) is 0 Å². The predicted octanol–water partition coefficient (Wildman–Crippen LogP) is 1.80. The largest absolute Gasteiger partial charge is 0.339 e. The van der Waals surface area contributed by atoms with Crippen LogP contribution < -0.4 is 0 Å². The van der Waals surface area contributed by atoms with Crippen molar-refractivity contribution >= 4 is 27.5 Å². The fraction of sp³-hybridized carbons (Fsp3) is 0.923. The van der Waals surface area contributed by atoms with Crippen LogP contribution in [0.5, 0.6) is 0 Å². The second-order valence-electron chi connectivity index (χ2n) is 5.46. The molecule has 0 aromatic carbocycles. The summed E-state index contributed by atoms with van der Waals surface area (Å²) in [6.45, 7) is 2.74. The molecule has 1 heterocycles. The highest BCUT2D eigenvalue weighted by Crippen LogP contribution is 2.23. The number of likely N-dealkylation sites (tertiary alicyclic amines) is 1. The molecule has 0 aromatic rings. The minimum atomic E-state index is -2.95. The van der Waals surface area contributed by atoms with Gasteiger partial charge in [0.1, 0.15) is 9.84 Å². The molecule has 19 heavy (non-hydrogen) atoms. The van der Waals surface area contributed by atoms with E-state index >= 15 is 0 Å². The summed E-state index contributed by atoms with van der Waals surface area (Å²) >= 11 is 1.68. The van der Waals surface area contributed by atoms with E-state index < -0.39 is 9.84 Å². The molecule has 1 amide bonds. The van der Waals surface area contributed by atoms with Crippen molar-refractivity contribution in [1.82, 2.24) is 4.90 Å². The molecule has 4 nitrogen and oxygen atoms in total. The van der Waals surface area contributed by atoms with Gasteiger partial charge in [-0.2, -0.15) is 11.8 Å². The van der Waals surface area contributed by atoms with Crippen LogP contribution in [0.2, 0.25) is 0 Å². The number of carbonyl (C=O) groups is 1. The van der Waals surface area contributed by atoms with Crippen LogP contribution in [-0.2, 0) is 14.6 Å². The molecular weight excluding hydrogens is 282 g/mol. The number of carbonyl (C=O) groups excluding carboxylic acids is 1. The van der Waals surface area contributed by atoms with Gasteiger partial charge in [0, 0.05) is 30.5 Å². The number of piperidine rings is 1. The van der Waals surface area contributed by atoms with Crippen molar-refractivity contribution in [1.29, 1.82) is 0 Å². The summed E-state index contributed by atoms with van der Waals surface area (Å²) in [4.78, 5) is 14.3. The fourth-order valence-electron chi connectivity index (χ4n) is 2.55. The molecule has 6 heteroatoms. The van der Waals surface area contributed by atoms with E-state index in [0.29, 0.717) is 6.42 Å². The number of hydrogen-bond acceptors (Lipinski definition) is 4. The third kappa shape index (κ3) is 5.73. The third-order valence-electron chi connectivity index (χ3n) is 3.57. The number of hydrogen-bond donors (Lipinski definition) is 0. The monoisotopic (exact) mass is 307 g/mol. The van der Waals surface area contributed by atoms with Crippen molar-refractivity contribution in [2.45, 2.75) is 38.6 Å². The van der Waals surface area contributed by atoms with Gasteiger partial charge >= 0.3 is 0 Å². The van der Waals surface area contributed by atoms with E-state index in [4.69, 9.17) is 0 Å². The standard InChI is InChI=1S/C13H25NO3S2/c1-11(10-18-2)13(15)14-8-5-4-6-12(14)7-9-19(3,16)17/h11-12H,4-10H2,1-3H3. The fourth-order valence-corrected chi connectivity index (χ4v) is 3.89. The van der Waals surface area contributed by atoms with Crippen LogP contribution in [0.1, 0.15) is 32.6 Å². The Kier molecular flexibility index (Phi) is 6.66. The summed E-state index contributed by atoms with van der Waals surface area (Å²) in [5.74, 6) is 1.22. The minimum Gasteiger partial charge on any atom is -0.339 e. The SMILES string of the molecule is CSCC(C)C(=O)N1CCCCC1CCS(C)(=O)=O. The lowest BCUT2D eigenvalue weighted by Gasteiger charge is -2.37. The second-order valence-corrected chi connectivity index (χ2v) is 8.63. The summed E-state index contributed by atoms with van der Waals surface area (Å²) in [6, 6.07) is 0.111. The lowest BCUT2D eigenvalue weighted by molar-refractivity contribution is -0.138. The van der Waals surface area contributed by atoms with E-state index in [-0.39, 0.29) is 23.6 Å². The molecule has 112 valence electrons. The normalized spacial score (nSPS) is 22.3. The molecule has 0 spiro atoms. The molecule has 1 rings (SSSR count). The van der Waals surface area contributed by atoms with E-state index in [1.165, 1.54) is 6.26 Å². The maximum atomic E-state index is 12.4. The predicted molar refractivity (Wildman–Crippen MR) is 81.2 cm³/mol. The Balaban J connectivity index is 2.64. The first-order valence-electron chi connectivity index (χ1n) is 6.82. The van der Waals surface area contributed by atoms with Gasteiger partial charge in [0.05, 0.1) is 5.75 Å². The molecule has 0 N–H and O–H groups in total. The van der Waals surface area contributed by atoms with E-state index in [2.05, 4.69) is 0 Å². The van der Waals surface area contributed by atoms with Gasteiger partial charge in [-0.25, -0.2) is 8.42 Å². The van der Waals surface area contributed by atoms with E-state index in [9.17, 15) is 13.2 Å². The molecule has 0 aromatic heterocycles. The Morgan fingerprint density at radius 2 is 2.11 bits per heavy atom. The average Bonchev–Trinajstić information content (AvgIpc) is 2.35. The van der Waals surface area contributed by atoms with Crippen molar-refractivity contribution in [2.75, 3.05) is 30.6 Å². The molecular formula is C13H25NO3S2. The van der Waals surface area contributed by atoms with Crippen LogP contribution >= 0.6 is 11.8 Å². The van der Waals surface area contributed by atoms with Crippen LogP contribution in [0.25, 0.3) is 0 Å². The van der Waals surface area contributed by atoms with Crippen molar-refractivity contribution in [3.05, 3.63) is 0 Å². The number of sulfone groups is 1. The maximum absolute atomic E-state index is 12.4. The zero-order chi connectivity index (χ0) is 14.5. The Morgan fingerprint density at radius 3 is 2.68 bits per heavy atom. The Labute approximate surface area is 121 Å². The van der Waals surface area contributed by atoms with Crippen molar-refractivity contribution in [2.24, 2.45) is 5.92 Å². The first-order valence-corrected chi connectivity index (χ1v) is 10.3. The molecule has 0 radical (unpaired) electrons. The van der Waals surface area contributed by atoms with Crippen molar-refractivity contribution < 1.29 is 13.2 Å². The number of thioether (sulfide) groups is 1. The summed E-state index contributed by atoms with van der Waals surface area (Å²) in [5, 5.41) is 0. The van der Waals surface area contributed by atoms with Crippen LogP contribution in [0.4, 0.5) is 0 Å². The second kappa shape index (κ2) is 7.53. The van der Waals surface area contributed by atoms with Crippen LogP contribution in [0.3, 0.4) is 0 Å². The lowest BCUT2D eigenvalue weighted by atomic mass is 9.98. The highest BCUT2D eigenvalue weighted by Gasteiger charge is 2.29.